The average molecular weight is 542 g/mol. The average Bonchev–Trinajstić information content (AvgIpc) is 3.44. The summed E-state index contributed by atoms with van der Waals surface area (Å²) in [6, 6.07) is 14.3. The lowest BCUT2D eigenvalue weighted by atomic mass is 9.66. The molecule has 2 aromatic carbocycles. The number of likely N-dealkylation sites (tertiary alicyclic amines) is 1. The van der Waals surface area contributed by atoms with Gasteiger partial charge in [-0.05, 0) is 50.3 Å². The second kappa shape index (κ2) is 9.97. The van der Waals surface area contributed by atoms with Crippen LogP contribution in [0.5, 0.6) is 0 Å². The Labute approximate surface area is 226 Å². The van der Waals surface area contributed by atoms with Crippen molar-refractivity contribution in [3.63, 3.8) is 0 Å². The number of amides is 3. The molecule has 5 atom stereocenters. The van der Waals surface area contributed by atoms with Crippen LogP contribution in [0.3, 0.4) is 0 Å². The highest BCUT2D eigenvalue weighted by molar-refractivity contribution is 8.02. The molecule has 3 fully saturated rings. The Morgan fingerprint density at radius 1 is 1.14 bits per heavy atom. The quantitative estimate of drug-likeness (QED) is 0.472. The van der Waals surface area contributed by atoms with Crippen LogP contribution in [0.1, 0.15) is 37.3 Å². The SMILES string of the molecule is Cc1cccc(Cl)c1NC(=O)C1N(CCCO)C(=O)[C@@H]2[C@H](C(=O)NCc3ccccc3)[C@]3(C)CCC12S3. The lowest BCUT2D eigenvalue weighted by Crippen LogP contribution is -2.52. The number of aliphatic hydroxyl groups excluding tert-OH is 1. The van der Waals surface area contributed by atoms with Crippen LogP contribution < -0.4 is 10.6 Å². The van der Waals surface area contributed by atoms with Gasteiger partial charge in [-0.3, -0.25) is 14.4 Å². The van der Waals surface area contributed by atoms with Crippen LogP contribution in [-0.2, 0) is 20.9 Å². The van der Waals surface area contributed by atoms with Crippen LogP contribution in [0.4, 0.5) is 5.69 Å². The van der Waals surface area contributed by atoms with Gasteiger partial charge in [-0.15, -0.1) is 11.8 Å². The summed E-state index contributed by atoms with van der Waals surface area (Å²) in [6.45, 7) is 4.47. The van der Waals surface area contributed by atoms with Crippen LogP contribution >= 0.6 is 23.4 Å². The lowest BCUT2D eigenvalue weighted by Gasteiger charge is -2.35. The Balaban J connectivity index is 1.46. The Bertz CT molecular complexity index is 1210. The third-order valence-corrected chi connectivity index (χ3v) is 10.4. The highest BCUT2D eigenvalue weighted by atomic mass is 35.5. The highest BCUT2D eigenvalue weighted by Crippen LogP contribution is 2.71. The predicted octanol–water partition coefficient (Wildman–Crippen LogP) is 3.77. The first-order chi connectivity index (χ1) is 17.7. The van der Waals surface area contributed by atoms with E-state index in [1.165, 1.54) is 0 Å². The molecule has 2 aromatic rings. The Kier molecular flexibility index (Phi) is 7.02. The summed E-state index contributed by atoms with van der Waals surface area (Å²) in [4.78, 5) is 43.1. The zero-order valence-electron chi connectivity index (χ0n) is 21.0. The van der Waals surface area contributed by atoms with Gasteiger partial charge in [0.15, 0.2) is 0 Å². The molecule has 3 N–H and O–H groups in total. The van der Waals surface area contributed by atoms with E-state index in [1.807, 2.05) is 49.4 Å². The molecule has 2 bridgehead atoms. The summed E-state index contributed by atoms with van der Waals surface area (Å²) in [7, 11) is 0. The number of nitrogens with one attached hydrogen (secondary N) is 2. The first-order valence-corrected chi connectivity index (χ1v) is 13.9. The van der Waals surface area contributed by atoms with Gasteiger partial charge in [-0.2, -0.15) is 0 Å². The number of aryl methyl sites for hydroxylation is 1. The van der Waals surface area contributed by atoms with Crippen molar-refractivity contribution >= 4 is 46.8 Å². The molecular formula is C28H32ClN3O4S. The number of hydrogen-bond donors (Lipinski definition) is 3. The van der Waals surface area contributed by atoms with Crippen molar-refractivity contribution in [2.45, 2.75) is 55.2 Å². The fourth-order valence-corrected chi connectivity index (χ4v) is 9.11. The molecule has 3 saturated heterocycles. The summed E-state index contributed by atoms with van der Waals surface area (Å²) in [5, 5.41) is 16.0. The van der Waals surface area contributed by atoms with Crippen molar-refractivity contribution in [3.05, 3.63) is 64.7 Å². The van der Waals surface area contributed by atoms with Gasteiger partial charge in [0.05, 0.1) is 27.3 Å². The molecule has 0 aromatic heterocycles. The summed E-state index contributed by atoms with van der Waals surface area (Å²) < 4.78 is -1.15. The largest absolute Gasteiger partial charge is 0.396 e. The number of thioether (sulfide) groups is 1. The first-order valence-electron chi connectivity index (χ1n) is 12.7. The zero-order chi connectivity index (χ0) is 26.4. The van der Waals surface area contributed by atoms with Gasteiger partial charge in [-0.25, -0.2) is 0 Å². The maximum absolute atomic E-state index is 14.0. The van der Waals surface area contributed by atoms with Gasteiger partial charge in [-0.1, -0.05) is 54.1 Å². The van der Waals surface area contributed by atoms with Gasteiger partial charge < -0.3 is 20.6 Å². The molecule has 3 amide bonds. The van der Waals surface area contributed by atoms with Gasteiger partial charge in [0, 0.05) is 24.4 Å². The summed E-state index contributed by atoms with van der Waals surface area (Å²) in [5.41, 5.74) is 2.35. The Morgan fingerprint density at radius 2 is 1.89 bits per heavy atom. The molecule has 2 unspecified atom stereocenters. The van der Waals surface area contributed by atoms with E-state index in [0.29, 0.717) is 30.1 Å². The minimum Gasteiger partial charge on any atom is -0.396 e. The Hall–Kier alpha value is -2.55. The summed E-state index contributed by atoms with van der Waals surface area (Å²) in [5.74, 6) is -1.77. The van der Waals surface area contributed by atoms with Gasteiger partial charge >= 0.3 is 0 Å². The maximum atomic E-state index is 14.0. The number of rotatable bonds is 8. The third-order valence-electron chi connectivity index (χ3n) is 8.14. The van der Waals surface area contributed by atoms with Crippen LogP contribution in [0.15, 0.2) is 48.5 Å². The number of aliphatic hydroxyl groups is 1. The molecule has 0 radical (unpaired) electrons. The Morgan fingerprint density at radius 3 is 2.59 bits per heavy atom. The molecular weight excluding hydrogens is 510 g/mol. The van der Waals surface area contributed by atoms with Gasteiger partial charge in [0.1, 0.15) is 6.04 Å². The number of carbonyl (C=O) groups excluding carboxylic acids is 3. The number of para-hydroxylation sites is 1. The molecule has 0 saturated carbocycles. The van der Waals surface area contributed by atoms with Crippen molar-refractivity contribution < 1.29 is 19.5 Å². The first kappa shape index (κ1) is 26.1. The minimum absolute atomic E-state index is 0.0920. The molecule has 3 aliphatic heterocycles. The number of carbonyl (C=O) groups is 3. The molecule has 1 spiro atoms. The number of anilines is 1. The molecule has 3 heterocycles. The molecule has 9 heteroatoms. The summed E-state index contributed by atoms with van der Waals surface area (Å²) in [6.07, 6.45) is 1.77. The number of fused-ring (bicyclic) bond motifs is 1. The number of benzene rings is 2. The van der Waals surface area contributed by atoms with Crippen molar-refractivity contribution in [2.75, 3.05) is 18.5 Å². The lowest BCUT2D eigenvalue weighted by molar-refractivity contribution is -0.140. The monoisotopic (exact) mass is 541 g/mol. The standard InChI is InChI=1S/C28H32ClN3O4S/c1-17-8-6-11-19(29)22(17)31-25(35)23-28-13-12-27(2,37-28)20(21(28)26(36)32(23)14-7-15-33)24(34)30-16-18-9-4-3-5-10-18/h3-6,8-11,20-21,23,33H,7,12-16H2,1-2H3,(H,30,34)(H,31,35)/t20-,21+,23?,27+,28?/m1/s1. The van der Waals surface area contributed by atoms with E-state index in [2.05, 4.69) is 17.6 Å². The van der Waals surface area contributed by atoms with Crippen LogP contribution in [-0.4, -0.2) is 56.4 Å². The highest BCUT2D eigenvalue weighted by Gasteiger charge is 2.77. The van der Waals surface area contributed by atoms with E-state index < -0.39 is 27.4 Å². The number of halogens is 1. The smallest absolute Gasteiger partial charge is 0.248 e. The third kappa shape index (κ3) is 4.33. The van der Waals surface area contributed by atoms with Gasteiger partial charge in [0.2, 0.25) is 17.7 Å². The second-order valence-electron chi connectivity index (χ2n) is 10.5. The van der Waals surface area contributed by atoms with E-state index in [9.17, 15) is 19.5 Å². The molecule has 5 rings (SSSR count). The van der Waals surface area contributed by atoms with E-state index in [-0.39, 0.29) is 30.9 Å². The maximum Gasteiger partial charge on any atom is 0.248 e. The van der Waals surface area contributed by atoms with Crippen molar-refractivity contribution in [1.82, 2.24) is 10.2 Å². The van der Waals surface area contributed by atoms with Crippen molar-refractivity contribution in [1.29, 1.82) is 0 Å². The zero-order valence-corrected chi connectivity index (χ0v) is 22.6. The van der Waals surface area contributed by atoms with Crippen LogP contribution in [0.2, 0.25) is 5.02 Å². The van der Waals surface area contributed by atoms with E-state index >= 15 is 0 Å². The normalized spacial score (nSPS) is 29.9. The summed E-state index contributed by atoms with van der Waals surface area (Å²) >= 11 is 8.03. The van der Waals surface area contributed by atoms with E-state index in [0.717, 1.165) is 17.5 Å². The predicted molar refractivity (Wildman–Crippen MR) is 145 cm³/mol. The minimum atomic E-state index is -0.758. The fraction of sp³-hybridized carbons (Fsp3) is 0.464. The van der Waals surface area contributed by atoms with Gasteiger partial charge in [0.25, 0.3) is 0 Å². The van der Waals surface area contributed by atoms with Crippen LogP contribution in [0.25, 0.3) is 0 Å². The molecule has 37 heavy (non-hydrogen) atoms. The van der Waals surface area contributed by atoms with Crippen molar-refractivity contribution in [2.24, 2.45) is 11.8 Å². The molecule has 3 aliphatic rings. The van der Waals surface area contributed by atoms with Crippen molar-refractivity contribution in [3.8, 4) is 0 Å². The molecule has 0 aliphatic carbocycles. The topological polar surface area (TPSA) is 98.7 Å². The van der Waals surface area contributed by atoms with Crippen LogP contribution in [0, 0.1) is 18.8 Å². The fourth-order valence-electron chi connectivity index (χ4n) is 6.49. The number of hydrogen-bond acceptors (Lipinski definition) is 5. The molecule has 196 valence electrons. The number of nitrogens with zero attached hydrogens (tertiary/aromatic N) is 1. The van der Waals surface area contributed by atoms with E-state index in [4.69, 9.17) is 11.6 Å². The van der Waals surface area contributed by atoms with E-state index in [1.54, 1.807) is 22.7 Å². The second-order valence-corrected chi connectivity index (χ2v) is 12.8. The molecule has 7 nitrogen and oxygen atoms in total.